The van der Waals surface area contributed by atoms with E-state index in [9.17, 15) is 17.2 Å². The minimum absolute atomic E-state index is 0.327. The van der Waals surface area contributed by atoms with Gasteiger partial charge in [-0.05, 0) is 26.8 Å². The molecule has 0 amide bonds. The van der Waals surface area contributed by atoms with Crippen LogP contribution in [0.15, 0.2) is 12.1 Å². The van der Waals surface area contributed by atoms with Crippen molar-refractivity contribution in [1.29, 1.82) is 0 Å². The lowest BCUT2D eigenvalue weighted by atomic mass is 10.1. The Labute approximate surface area is 105 Å². The molecule has 0 aliphatic rings. The second-order valence-corrected chi connectivity index (χ2v) is 6.22. The first-order valence-corrected chi connectivity index (χ1v) is 6.55. The molecule has 18 heavy (non-hydrogen) atoms. The average Bonchev–Trinajstić information content (AvgIpc) is 2.07. The first-order valence-electron chi connectivity index (χ1n) is 5.06. The lowest BCUT2D eigenvalue weighted by Crippen LogP contribution is -2.43. The van der Waals surface area contributed by atoms with E-state index >= 15 is 0 Å². The molecule has 8 heteroatoms. The average molecular weight is 279 g/mol. The van der Waals surface area contributed by atoms with E-state index in [4.69, 9.17) is 5.73 Å². The van der Waals surface area contributed by atoms with Gasteiger partial charge in [0, 0.05) is 11.6 Å². The summed E-state index contributed by atoms with van der Waals surface area (Å²) in [5, 5.41) is 0. The van der Waals surface area contributed by atoms with Gasteiger partial charge in [-0.3, -0.25) is 4.72 Å². The predicted octanol–water partition coefficient (Wildman–Crippen LogP) is 1.59. The van der Waals surface area contributed by atoms with Crippen LogP contribution in [0, 0.1) is 11.6 Å². The summed E-state index contributed by atoms with van der Waals surface area (Å²) >= 11 is 0. The van der Waals surface area contributed by atoms with Crippen molar-refractivity contribution in [1.82, 2.24) is 4.72 Å². The van der Waals surface area contributed by atoms with Crippen LogP contribution in [-0.2, 0) is 10.2 Å². The van der Waals surface area contributed by atoms with E-state index in [-0.39, 0.29) is 5.69 Å². The maximum atomic E-state index is 13.4. The normalized spacial score (nSPS) is 12.5. The Morgan fingerprint density at radius 2 is 1.78 bits per heavy atom. The number of anilines is 2. The SMILES string of the molecule is CC(C)(C)NS(=O)(=O)Nc1c(N)cc(F)cc1F. The molecule has 0 bridgehead atoms. The number of rotatable bonds is 3. The van der Waals surface area contributed by atoms with Crippen LogP contribution in [0.1, 0.15) is 20.8 Å². The van der Waals surface area contributed by atoms with Crippen LogP contribution in [0.25, 0.3) is 0 Å². The van der Waals surface area contributed by atoms with Gasteiger partial charge in [0.1, 0.15) is 11.5 Å². The predicted molar refractivity (Wildman–Crippen MR) is 66.2 cm³/mol. The molecular formula is C10H15F2N3O2S. The van der Waals surface area contributed by atoms with Gasteiger partial charge >= 0.3 is 0 Å². The molecule has 0 unspecified atom stereocenters. The van der Waals surface area contributed by atoms with Crippen LogP contribution in [0.5, 0.6) is 0 Å². The quantitative estimate of drug-likeness (QED) is 0.735. The number of nitrogen functional groups attached to an aromatic ring is 1. The molecule has 0 aliphatic carbocycles. The van der Waals surface area contributed by atoms with Crippen molar-refractivity contribution in [3.05, 3.63) is 23.8 Å². The number of benzene rings is 1. The van der Waals surface area contributed by atoms with Gasteiger partial charge in [0.2, 0.25) is 0 Å². The van der Waals surface area contributed by atoms with Crippen molar-refractivity contribution in [3.63, 3.8) is 0 Å². The molecule has 1 aromatic rings. The van der Waals surface area contributed by atoms with Gasteiger partial charge in [-0.15, -0.1) is 0 Å². The van der Waals surface area contributed by atoms with E-state index in [0.29, 0.717) is 6.07 Å². The molecule has 0 fully saturated rings. The highest BCUT2D eigenvalue weighted by Gasteiger charge is 2.22. The Kier molecular flexibility index (Phi) is 3.82. The zero-order chi connectivity index (χ0) is 14.1. The van der Waals surface area contributed by atoms with Crippen molar-refractivity contribution in [2.24, 2.45) is 0 Å². The molecule has 0 aromatic heterocycles. The molecule has 0 radical (unpaired) electrons. The summed E-state index contributed by atoms with van der Waals surface area (Å²) in [6.45, 7) is 4.86. The molecule has 0 atom stereocenters. The van der Waals surface area contributed by atoms with Crippen molar-refractivity contribution < 1.29 is 17.2 Å². The minimum Gasteiger partial charge on any atom is -0.397 e. The molecule has 0 saturated carbocycles. The highest BCUT2D eigenvalue weighted by atomic mass is 32.2. The summed E-state index contributed by atoms with van der Waals surface area (Å²) in [5.74, 6) is -1.96. The summed E-state index contributed by atoms with van der Waals surface area (Å²) in [4.78, 5) is 0. The van der Waals surface area contributed by atoms with Gasteiger partial charge in [-0.1, -0.05) is 0 Å². The third-order valence-corrected chi connectivity index (χ3v) is 3.12. The Balaban J connectivity index is 3.06. The Bertz CT molecular complexity index is 530. The summed E-state index contributed by atoms with van der Waals surface area (Å²) in [6.07, 6.45) is 0. The summed E-state index contributed by atoms with van der Waals surface area (Å²) < 4.78 is 53.7. The van der Waals surface area contributed by atoms with Crippen molar-refractivity contribution in [2.45, 2.75) is 26.3 Å². The van der Waals surface area contributed by atoms with Crippen LogP contribution in [0.2, 0.25) is 0 Å². The number of hydrogen-bond acceptors (Lipinski definition) is 3. The van der Waals surface area contributed by atoms with E-state index in [0.717, 1.165) is 6.07 Å². The fraction of sp³-hybridized carbons (Fsp3) is 0.400. The third-order valence-electron chi connectivity index (χ3n) is 1.76. The third kappa shape index (κ3) is 4.11. The molecule has 0 aliphatic heterocycles. The van der Waals surface area contributed by atoms with Crippen molar-refractivity contribution in [2.75, 3.05) is 10.5 Å². The number of nitrogens with two attached hydrogens (primary N) is 1. The first-order chi connectivity index (χ1) is 8.00. The highest BCUT2D eigenvalue weighted by molar-refractivity contribution is 7.90. The Morgan fingerprint density at radius 1 is 1.22 bits per heavy atom. The van der Waals surface area contributed by atoms with Crippen LogP contribution in [0.3, 0.4) is 0 Å². The van der Waals surface area contributed by atoms with Crippen molar-refractivity contribution in [3.8, 4) is 0 Å². The van der Waals surface area contributed by atoms with E-state index in [1.807, 2.05) is 4.72 Å². The molecule has 0 saturated heterocycles. The number of nitrogens with one attached hydrogen (secondary N) is 2. The summed E-state index contributed by atoms with van der Waals surface area (Å²) in [6, 6.07) is 1.38. The van der Waals surface area contributed by atoms with E-state index in [1.54, 1.807) is 20.8 Å². The standard InChI is InChI=1S/C10H15F2N3O2S/c1-10(2,3)15-18(16,17)14-9-7(12)4-6(11)5-8(9)13/h4-5,14-15H,13H2,1-3H3. The second-order valence-electron chi connectivity index (χ2n) is 4.81. The lowest BCUT2D eigenvalue weighted by molar-refractivity contribution is 0.494. The van der Waals surface area contributed by atoms with Gasteiger partial charge in [-0.2, -0.15) is 13.1 Å². The molecule has 1 aromatic carbocycles. The molecule has 102 valence electrons. The Hall–Kier alpha value is -1.41. The minimum atomic E-state index is -3.99. The zero-order valence-corrected chi connectivity index (χ0v) is 11.0. The van der Waals surface area contributed by atoms with Crippen LogP contribution in [0.4, 0.5) is 20.2 Å². The van der Waals surface area contributed by atoms with Crippen LogP contribution >= 0.6 is 0 Å². The van der Waals surface area contributed by atoms with Crippen molar-refractivity contribution >= 4 is 21.6 Å². The molecule has 5 nitrogen and oxygen atoms in total. The maximum Gasteiger partial charge on any atom is 0.299 e. The monoisotopic (exact) mass is 279 g/mol. The highest BCUT2D eigenvalue weighted by Crippen LogP contribution is 2.24. The first kappa shape index (κ1) is 14.7. The van der Waals surface area contributed by atoms with Crippen LogP contribution in [-0.4, -0.2) is 14.0 Å². The van der Waals surface area contributed by atoms with Gasteiger partial charge in [0.25, 0.3) is 10.2 Å². The summed E-state index contributed by atoms with van der Waals surface area (Å²) in [7, 11) is -3.99. The lowest BCUT2D eigenvalue weighted by Gasteiger charge is -2.21. The molecule has 0 spiro atoms. The van der Waals surface area contributed by atoms with Gasteiger partial charge < -0.3 is 5.73 Å². The van der Waals surface area contributed by atoms with E-state index in [1.165, 1.54) is 0 Å². The van der Waals surface area contributed by atoms with Gasteiger partial charge in [0.15, 0.2) is 5.82 Å². The second kappa shape index (κ2) is 4.69. The molecule has 1 rings (SSSR count). The Morgan fingerprint density at radius 3 is 2.22 bits per heavy atom. The maximum absolute atomic E-state index is 13.4. The van der Waals surface area contributed by atoms with E-state index in [2.05, 4.69) is 4.72 Å². The number of halogens is 2. The zero-order valence-electron chi connectivity index (χ0n) is 10.2. The van der Waals surface area contributed by atoms with Gasteiger partial charge in [-0.25, -0.2) is 8.78 Å². The smallest absolute Gasteiger partial charge is 0.299 e. The number of hydrogen-bond donors (Lipinski definition) is 3. The van der Waals surface area contributed by atoms with Crippen LogP contribution < -0.4 is 15.2 Å². The molecule has 4 N–H and O–H groups in total. The topological polar surface area (TPSA) is 84.2 Å². The fourth-order valence-electron chi connectivity index (χ4n) is 1.26. The molecule has 0 heterocycles. The van der Waals surface area contributed by atoms with Gasteiger partial charge in [0.05, 0.1) is 5.69 Å². The molecular weight excluding hydrogens is 264 g/mol. The largest absolute Gasteiger partial charge is 0.397 e. The summed E-state index contributed by atoms with van der Waals surface area (Å²) in [5.41, 5.74) is 3.81. The van der Waals surface area contributed by atoms with E-state index < -0.39 is 33.1 Å². The fourth-order valence-corrected chi connectivity index (χ4v) is 2.61.